The monoisotopic (exact) mass is 286 g/mol. The molecule has 0 aliphatic rings. The Balaban J connectivity index is 2.85. The van der Waals surface area contributed by atoms with Gasteiger partial charge < -0.3 is 14.6 Å². The number of aromatic carboxylic acids is 1. The zero-order valence-electron chi connectivity index (χ0n) is 11.0. The van der Waals surface area contributed by atoms with Crippen molar-refractivity contribution in [2.24, 2.45) is 0 Å². The lowest BCUT2D eigenvalue weighted by Gasteiger charge is -2.06. The number of amides is 2. The first-order valence-electron chi connectivity index (χ1n) is 5.52. The third kappa shape index (κ3) is 4.02. The van der Waals surface area contributed by atoms with Crippen molar-refractivity contribution in [1.29, 1.82) is 0 Å². The van der Waals surface area contributed by atoms with Gasteiger partial charge >= 0.3 is 12.1 Å². The molecule has 0 fully saturated rings. The summed E-state index contributed by atoms with van der Waals surface area (Å²) in [5, 5.41) is 18.0. The van der Waals surface area contributed by atoms with Crippen LogP contribution >= 0.6 is 0 Å². The molecule has 0 saturated carbocycles. The van der Waals surface area contributed by atoms with Gasteiger partial charge in [0.1, 0.15) is 6.54 Å². The summed E-state index contributed by atoms with van der Waals surface area (Å²) in [4.78, 5) is 33.4. The highest BCUT2D eigenvalue weighted by Crippen LogP contribution is 2.07. The molecule has 2 amide bonds. The number of hydrogen-bond acceptors (Lipinski definition) is 7. The summed E-state index contributed by atoms with van der Waals surface area (Å²) < 4.78 is 10.2. The van der Waals surface area contributed by atoms with E-state index in [9.17, 15) is 14.4 Å². The van der Waals surface area contributed by atoms with Gasteiger partial charge in [-0.2, -0.15) is 0 Å². The quantitative estimate of drug-likeness (QED) is 0.683. The molecule has 1 aromatic heterocycles. The first kappa shape index (κ1) is 15.6. The number of imide groups is 1. The highest BCUT2D eigenvalue weighted by atomic mass is 16.5. The molecule has 0 spiro atoms. The van der Waals surface area contributed by atoms with Crippen molar-refractivity contribution in [2.45, 2.75) is 13.0 Å². The fourth-order valence-corrected chi connectivity index (χ4v) is 1.41. The van der Waals surface area contributed by atoms with Crippen LogP contribution in [0.5, 0.6) is 0 Å². The number of methoxy groups -OCH3 is 2. The highest BCUT2D eigenvalue weighted by Gasteiger charge is 2.20. The Kier molecular flexibility index (Phi) is 5.59. The van der Waals surface area contributed by atoms with Crippen molar-refractivity contribution < 1.29 is 29.0 Å². The van der Waals surface area contributed by atoms with E-state index in [2.05, 4.69) is 15.0 Å². The second-order valence-electron chi connectivity index (χ2n) is 3.63. The molecule has 0 atom stereocenters. The summed E-state index contributed by atoms with van der Waals surface area (Å²) in [6, 6.07) is 0. The van der Waals surface area contributed by atoms with Gasteiger partial charge in [0.2, 0.25) is 0 Å². The molecule has 10 nitrogen and oxygen atoms in total. The van der Waals surface area contributed by atoms with Crippen molar-refractivity contribution in [3.05, 3.63) is 11.4 Å². The normalized spacial score (nSPS) is 10.1. The summed E-state index contributed by atoms with van der Waals surface area (Å²) >= 11 is 0. The standard InChI is InChI=1S/C10H14N4O6/c1-19-4-3-6-8(9(16)17)12-13-14(6)5-7(15)11-10(18)20-2/h3-5H2,1-2H3,(H,16,17)(H,11,15,18). The van der Waals surface area contributed by atoms with Gasteiger partial charge in [0.05, 0.1) is 19.4 Å². The number of aromatic nitrogens is 3. The maximum absolute atomic E-state index is 11.5. The summed E-state index contributed by atoms with van der Waals surface area (Å²) in [5.41, 5.74) is -0.0210. The van der Waals surface area contributed by atoms with Crippen LogP contribution < -0.4 is 5.32 Å². The Labute approximate surface area is 113 Å². The Morgan fingerprint density at radius 3 is 2.60 bits per heavy atom. The lowest BCUT2D eigenvalue weighted by molar-refractivity contribution is -0.121. The zero-order chi connectivity index (χ0) is 15.1. The number of carbonyl (C=O) groups is 3. The second kappa shape index (κ2) is 7.19. The molecule has 0 unspecified atom stereocenters. The molecule has 0 aliphatic heterocycles. The minimum absolute atomic E-state index is 0.219. The fourth-order valence-electron chi connectivity index (χ4n) is 1.41. The van der Waals surface area contributed by atoms with Crippen LogP contribution in [0.15, 0.2) is 0 Å². The van der Waals surface area contributed by atoms with Gasteiger partial charge in [-0.05, 0) is 0 Å². The molecule has 1 rings (SSSR count). The van der Waals surface area contributed by atoms with Gasteiger partial charge in [-0.15, -0.1) is 5.10 Å². The van der Waals surface area contributed by atoms with Crippen LogP contribution in [0.3, 0.4) is 0 Å². The topological polar surface area (TPSA) is 133 Å². The molecule has 0 bridgehead atoms. The molecular formula is C10H14N4O6. The van der Waals surface area contributed by atoms with E-state index >= 15 is 0 Å². The average molecular weight is 286 g/mol. The molecule has 110 valence electrons. The van der Waals surface area contributed by atoms with E-state index in [1.165, 1.54) is 7.11 Å². The molecule has 1 aromatic rings. The number of nitrogens with one attached hydrogen (secondary N) is 1. The number of alkyl carbamates (subject to hydrolysis) is 1. The van der Waals surface area contributed by atoms with Gasteiger partial charge in [-0.1, -0.05) is 5.21 Å². The van der Waals surface area contributed by atoms with E-state index in [4.69, 9.17) is 9.84 Å². The number of carbonyl (C=O) groups excluding carboxylic acids is 2. The summed E-state index contributed by atoms with van der Waals surface area (Å²) in [7, 11) is 2.57. The van der Waals surface area contributed by atoms with Crippen LogP contribution in [-0.4, -0.2) is 58.9 Å². The largest absolute Gasteiger partial charge is 0.476 e. The molecule has 1 heterocycles. The minimum Gasteiger partial charge on any atom is -0.476 e. The van der Waals surface area contributed by atoms with Gasteiger partial charge in [0.25, 0.3) is 5.91 Å². The number of ether oxygens (including phenoxy) is 2. The van der Waals surface area contributed by atoms with Crippen LogP contribution in [0.1, 0.15) is 16.2 Å². The fraction of sp³-hybridized carbons (Fsp3) is 0.500. The molecule has 0 radical (unpaired) electrons. The molecule has 0 aromatic carbocycles. The van der Waals surface area contributed by atoms with Gasteiger partial charge in [-0.3, -0.25) is 10.1 Å². The van der Waals surface area contributed by atoms with E-state index < -0.39 is 18.0 Å². The maximum Gasteiger partial charge on any atom is 0.413 e. The number of hydrogen-bond donors (Lipinski definition) is 2. The van der Waals surface area contributed by atoms with Crippen LogP contribution in [0, 0.1) is 0 Å². The lowest BCUT2D eigenvalue weighted by Crippen LogP contribution is -2.34. The SMILES string of the molecule is COCCc1c(C(=O)O)nnn1CC(=O)NC(=O)OC. The first-order valence-corrected chi connectivity index (χ1v) is 5.52. The predicted octanol–water partition coefficient (Wildman–Crippen LogP) is -0.952. The van der Waals surface area contributed by atoms with Gasteiger partial charge in [-0.25, -0.2) is 14.3 Å². The van der Waals surface area contributed by atoms with Crippen molar-refractivity contribution in [2.75, 3.05) is 20.8 Å². The van der Waals surface area contributed by atoms with Gasteiger partial charge in [0.15, 0.2) is 5.69 Å². The second-order valence-corrected chi connectivity index (χ2v) is 3.63. The number of carboxylic acids is 1. The van der Waals surface area contributed by atoms with E-state index in [1.807, 2.05) is 5.32 Å². The minimum atomic E-state index is -1.25. The number of carboxylic acid groups (broad SMARTS) is 1. The van der Waals surface area contributed by atoms with Crippen LogP contribution in [0.25, 0.3) is 0 Å². The van der Waals surface area contributed by atoms with Crippen LogP contribution in [-0.2, 0) is 27.2 Å². The van der Waals surface area contributed by atoms with Crippen molar-refractivity contribution in [3.8, 4) is 0 Å². The van der Waals surface area contributed by atoms with Gasteiger partial charge in [0, 0.05) is 13.5 Å². The third-order valence-corrected chi connectivity index (χ3v) is 2.30. The van der Waals surface area contributed by atoms with Crippen molar-refractivity contribution >= 4 is 18.0 Å². The molecule has 0 saturated heterocycles. The Morgan fingerprint density at radius 1 is 1.35 bits per heavy atom. The molecule has 0 aliphatic carbocycles. The van der Waals surface area contributed by atoms with E-state index in [0.717, 1.165) is 11.8 Å². The molecule has 2 N–H and O–H groups in total. The predicted molar refractivity (Wildman–Crippen MR) is 63.1 cm³/mol. The van der Waals surface area contributed by atoms with E-state index in [0.29, 0.717) is 0 Å². The van der Waals surface area contributed by atoms with E-state index in [-0.39, 0.29) is 31.0 Å². The van der Waals surface area contributed by atoms with E-state index in [1.54, 1.807) is 0 Å². The highest BCUT2D eigenvalue weighted by molar-refractivity contribution is 5.91. The summed E-state index contributed by atoms with van der Waals surface area (Å²) in [6.45, 7) is -0.110. The van der Waals surface area contributed by atoms with Crippen LogP contribution in [0.4, 0.5) is 4.79 Å². The number of nitrogens with zero attached hydrogens (tertiary/aromatic N) is 3. The zero-order valence-corrected chi connectivity index (χ0v) is 11.0. The lowest BCUT2D eigenvalue weighted by atomic mass is 10.2. The maximum atomic E-state index is 11.5. The van der Waals surface area contributed by atoms with Crippen LogP contribution in [0.2, 0.25) is 0 Å². The Hall–Kier alpha value is -2.49. The number of rotatable bonds is 6. The third-order valence-electron chi connectivity index (χ3n) is 2.30. The summed E-state index contributed by atoms with van der Waals surface area (Å²) in [6.07, 6.45) is -0.691. The molecule has 20 heavy (non-hydrogen) atoms. The van der Waals surface area contributed by atoms with Crippen molar-refractivity contribution in [1.82, 2.24) is 20.3 Å². The first-order chi connectivity index (χ1) is 9.49. The molecular weight excluding hydrogens is 272 g/mol. The average Bonchev–Trinajstić information content (AvgIpc) is 2.78. The Morgan fingerprint density at radius 2 is 2.05 bits per heavy atom. The van der Waals surface area contributed by atoms with Crippen molar-refractivity contribution in [3.63, 3.8) is 0 Å². The molecule has 10 heteroatoms. The Bertz CT molecular complexity index is 512. The smallest absolute Gasteiger partial charge is 0.413 e. The summed E-state index contributed by atoms with van der Waals surface area (Å²) in [5.74, 6) is -1.95.